The number of hydrogen-bond acceptors (Lipinski definition) is 4. The van der Waals surface area contributed by atoms with E-state index in [1.165, 1.54) is 13.2 Å². The van der Waals surface area contributed by atoms with Gasteiger partial charge in [0.1, 0.15) is 17.3 Å². The van der Waals surface area contributed by atoms with Crippen LogP contribution in [0.2, 0.25) is 0 Å². The predicted octanol–water partition coefficient (Wildman–Crippen LogP) is 2.93. The van der Waals surface area contributed by atoms with Gasteiger partial charge < -0.3 is 10.1 Å². The molecule has 1 aromatic carbocycles. The van der Waals surface area contributed by atoms with Crippen molar-refractivity contribution < 1.29 is 13.5 Å². The first-order valence-electron chi connectivity index (χ1n) is 7.24. The number of benzene rings is 1. The van der Waals surface area contributed by atoms with E-state index in [9.17, 15) is 8.78 Å². The molecule has 1 aromatic heterocycles. The fourth-order valence-electron chi connectivity index (χ4n) is 2.91. The number of hydrogen-bond donors (Lipinski definition) is 1. The summed E-state index contributed by atoms with van der Waals surface area (Å²) in [5.74, 6) is -0.544. The van der Waals surface area contributed by atoms with E-state index in [1.54, 1.807) is 12.4 Å². The Balaban J connectivity index is 1.80. The molecule has 3 rings (SSSR count). The van der Waals surface area contributed by atoms with Crippen LogP contribution >= 0.6 is 0 Å². The Bertz CT molecular complexity index is 678. The average Bonchev–Trinajstić information content (AvgIpc) is 2.53. The molecule has 1 heterocycles. The third-order valence-corrected chi connectivity index (χ3v) is 3.93. The van der Waals surface area contributed by atoms with Crippen LogP contribution in [-0.2, 0) is 13.0 Å². The van der Waals surface area contributed by atoms with Crippen LogP contribution in [0.1, 0.15) is 35.7 Å². The van der Waals surface area contributed by atoms with Gasteiger partial charge in [-0.1, -0.05) is 0 Å². The van der Waals surface area contributed by atoms with Crippen LogP contribution in [0.3, 0.4) is 0 Å². The number of fused-ring (bicyclic) bond motifs is 1. The van der Waals surface area contributed by atoms with Crippen molar-refractivity contribution in [1.82, 2.24) is 15.3 Å². The number of halogens is 2. The van der Waals surface area contributed by atoms with Crippen molar-refractivity contribution in [3.05, 3.63) is 53.0 Å². The molecule has 1 N–H and O–H groups in total. The first kappa shape index (κ1) is 14.8. The van der Waals surface area contributed by atoms with E-state index >= 15 is 0 Å². The van der Waals surface area contributed by atoms with E-state index in [-0.39, 0.29) is 6.04 Å². The molecule has 1 aliphatic carbocycles. The molecule has 0 aliphatic heterocycles. The van der Waals surface area contributed by atoms with Crippen molar-refractivity contribution in [2.75, 3.05) is 7.11 Å². The van der Waals surface area contributed by atoms with E-state index in [0.717, 1.165) is 18.9 Å². The normalized spacial score (nSPS) is 17.1. The quantitative estimate of drug-likeness (QED) is 0.943. The molecule has 0 saturated carbocycles. The highest BCUT2D eigenvalue weighted by Crippen LogP contribution is 2.32. The van der Waals surface area contributed by atoms with Crippen LogP contribution < -0.4 is 10.1 Å². The van der Waals surface area contributed by atoms with Crippen molar-refractivity contribution in [2.45, 2.75) is 31.8 Å². The van der Waals surface area contributed by atoms with Crippen molar-refractivity contribution in [2.24, 2.45) is 0 Å². The second-order valence-electron chi connectivity index (χ2n) is 5.29. The minimum atomic E-state index is -0.540. The zero-order valence-electron chi connectivity index (χ0n) is 12.3. The van der Waals surface area contributed by atoms with Crippen LogP contribution in [-0.4, -0.2) is 17.1 Å². The van der Waals surface area contributed by atoms with Gasteiger partial charge in [-0.15, -0.1) is 0 Å². The Morgan fingerprint density at radius 1 is 1.27 bits per heavy atom. The van der Waals surface area contributed by atoms with Crippen LogP contribution in [0.4, 0.5) is 8.78 Å². The van der Waals surface area contributed by atoms with Gasteiger partial charge >= 0.3 is 0 Å². The van der Waals surface area contributed by atoms with Gasteiger partial charge in [0.05, 0.1) is 7.11 Å². The Hall–Kier alpha value is -2.08. The molecule has 4 nitrogen and oxygen atoms in total. The second-order valence-corrected chi connectivity index (χ2v) is 5.29. The molecule has 0 fully saturated rings. The first-order valence-corrected chi connectivity index (χ1v) is 7.24. The maximum atomic E-state index is 13.9. The summed E-state index contributed by atoms with van der Waals surface area (Å²) in [7, 11) is 1.54. The molecule has 0 saturated heterocycles. The van der Waals surface area contributed by atoms with E-state index in [2.05, 4.69) is 15.3 Å². The van der Waals surface area contributed by atoms with Gasteiger partial charge in [0, 0.05) is 31.0 Å². The maximum Gasteiger partial charge on any atom is 0.236 e. The standard InChI is InChI=1S/C16H17F2N3O/c1-22-16-15(19-5-6-20-16)9-21-14-4-2-3-11-12(14)7-10(17)8-13(11)18/h5-8,14,21H,2-4,9H2,1H3/t14-/m1/s1. The lowest BCUT2D eigenvalue weighted by Gasteiger charge is -2.27. The summed E-state index contributed by atoms with van der Waals surface area (Å²) in [6.07, 6.45) is 5.49. The lowest BCUT2D eigenvalue weighted by molar-refractivity contribution is 0.380. The summed E-state index contributed by atoms with van der Waals surface area (Å²) in [4.78, 5) is 8.32. The Kier molecular flexibility index (Phi) is 4.29. The fourth-order valence-corrected chi connectivity index (χ4v) is 2.91. The molecule has 0 unspecified atom stereocenters. The van der Waals surface area contributed by atoms with Gasteiger partial charge in [0.15, 0.2) is 0 Å². The van der Waals surface area contributed by atoms with Crippen molar-refractivity contribution in [3.63, 3.8) is 0 Å². The minimum absolute atomic E-state index is 0.0966. The third-order valence-electron chi connectivity index (χ3n) is 3.93. The molecule has 1 atom stereocenters. The van der Waals surface area contributed by atoms with E-state index in [0.29, 0.717) is 35.7 Å². The van der Waals surface area contributed by atoms with Crippen molar-refractivity contribution in [1.29, 1.82) is 0 Å². The lowest BCUT2D eigenvalue weighted by Crippen LogP contribution is -2.26. The molecular weight excluding hydrogens is 288 g/mol. The number of nitrogens with one attached hydrogen (secondary N) is 1. The Morgan fingerprint density at radius 3 is 2.91 bits per heavy atom. The number of aromatic nitrogens is 2. The highest BCUT2D eigenvalue weighted by atomic mass is 19.1. The van der Waals surface area contributed by atoms with Crippen LogP contribution in [0.5, 0.6) is 5.88 Å². The van der Waals surface area contributed by atoms with Crippen molar-refractivity contribution in [3.8, 4) is 5.88 Å². The SMILES string of the molecule is COc1nccnc1CN[C@@H]1CCCc2c(F)cc(F)cc21. The zero-order chi connectivity index (χ0) is 15.5. The molecule has 116 valence electrons. The van der Waals surface area contributed by atoms with Crippen LogP contribution in [0.15, 0.2) is 24.5 Å². The summed E-state index contributed by atoms with van der Waals surface area (Å²) in [6, 6.07) is 2.27. The summed E-state index contributed by atoms with van der Waals surface area (Å²) in [5, 5.41) is 3.31. The fraction of sp³-hybridized carbons (Fsp3) is 0.375. The van der Waals surface area contributed by atoms with Gasteiger partial charge in [-0.3, -0.25) is 4.98 Å². The topological polar surface area (TPSA) is 47.0 Å². The number of rotatable bonds is 4. The van der Waals surface area contributed by atoms with Gasteiger partial charge in [0.2, 0.25) is 5.88 Å². The maximum absolute atomic E-state index is 13.9. The third kappa shape index (κ3) is 2.92. The second kappa shape index (κ2) is 6.36. The Morgan fingerprint density at radius 2 is 2.09 bits per heavy atom. The molecule has 0 amide bonds. The molecule has 6 heteroatoms. The van der Waals surface area contributed by atoms with Gasteiger partial charge in [-0.25, -0.2) is 13.8 Å². The minimum Gasteiger partial charge on any atom is -0.480 e. The smallest absolute Gasteiger partial charge is 0.236 e. The lowest BCUT2D eigenvalue weighted by atomic mass is 9.87. The van der Waals surface area contributed by atoms with E-state index in [1.807, 2.05) is 0 Å². The summed E-state index contributed by atoms with van der Waals surface area (Å²) in [5.41, 5.74) is 1.98. The highest BCUT2D eigenvalue weighted by molar-refractivity contribution is 5.34. The first-order chi connectivity index (χ1) is 10.7. The molecule has 1 aliphatic rings. The average molecular weight is 305 g/mol. The van der Waals surface area contributed by atoms with Crippen molar-refractivity contribution >= 4 is 0 Å². The molecule has 0 spiro atoms. The molecular formula is C16H17F2N3O. The largest absolute Gasteiger partial charge is 0.480 e. The van der Waals surface area contributed by atoms with E-state index in [4.69, 9.17) is 4.74 Å². The monoisotopic (exact) mass is 305 g/mol. The van der Waals surface area contributed by atoms with Gasteiger partial charge in [0.25, 0.3) is 0 Å². The van der Waals surface area contributed by atoms with Crippen LogP contribution in [0, 0.1) is 11.6 Å². The summed E-state index contributed by atoms with van der Waals surface area (Å²) >= 11 is 0. The summed E-state index contributed by atoms with van der Waals surface area (Å²) in [6.45, 7) is 0.430. The van der Waals surface area contributed by atoms with Gasteiger partial charge in [-0.2, -0.15) is 0 Å². The molecule has 2 aromatic rings. The zero-order valence-corrected chi connectivity index (χ0v) is 12.3. The number of nitrogens with zero attached hydrogens (tertiary/aromatic N) is 2. The summed E-state index contributed by atoms with van der Waals surface area (Å²) < 4.78 is 32.5. The molecule has 22 heavy (non-hydrogen) atoms. The van der Waals surface area contributed by atoms with E-state index < -0.39 is 11.6 Å². The number of ether oxygens (including phenoxy) is 1. The Labute approximate surface area is 127 Å². The van der Waals surface area contributed by atoms with Gasteiger partial charge in [-0.05, 0) is 36.5 Å². The van der Waals surface area contributed by atoms with Crippen LogP contribution in [0.25, 0.3) is 0 Å². The highest BCUT2D eigenvalue weighted by Gasteiger charge is 2.24. The predicted molar refractivity (Wildman–Crippen MR) is 77.5 cm³/mol. The molecule has 0 radical (unpaired) electrons. The number of methoxy groups -OCH3 is 1. The molecule has 0 bridgehead atoms.